The quantitative estimate of drug-likeness (QED) is 0.402. The van der Waals surface area contributed by atoms with Gasteiger partial charge in [0.05, 0.1) is 22.2 Å². The Bertz CT molecular complexity index is 1120. The summed E-state index contributed by atoms with van der Waals surface area (Å²) in [5.74, 6) is -0.896. The zero-order chi connectivity index (χ0) is 23.1. The van der Waals surface area contributed by atoms with E-state index in [1.54, 1.807) is 30.3 Å². The molecule has 2 N–H and O–H groups in total. The Kier molecular flexibility index (Phi) is 7.17. The Morgan fingerprint density at radius 2 is 1.53 bits per heavy atom. The molecule has 0 saturated carbocycles. The Labute approximate surface area is 185 Å². The van der Waals surface area contributed by atoms with Gasteiger partial charge in [0.2, 0.25) is 0 Å². The second-order valence-corrected chi connectivity index (χ2v) is 7.13. The maximum Gasteiger partial charge on any atom is 0.310 e. The molecule has 8 heteroatoms. The number of carbonyl (C=O) groups is 2. The number of benzene rings is 3. The summed E-state index contributed by atoms with van der Waals surface area (Å²) in [6.07, 6.45) is -1.03. The molecular formula is C24H23N3O5. The molecule has 0 heterocycles. The van der Waals surface area contributed by atoms with Crippen molar-refractivity contribution in [2.75, 3.05) is 5.32 Å². The van der Waals surface area contributed by atoms with Gasteiger partial charge in [-0.2, -0.15) is 0 Å². The highest BCUT2D eigenvalue weighted by Gasteiger charge is 2.22. The number of nitrogens with zero attached hydrogens (tertiary/aromatic N) is 1. The first-order valence-electron chi connectivity index (χ1n) is 10.0. The van der Waals surface area contributed by atoms with Crippen molar-refractivity contribution in [1.82, 2.24) is 5.32 Å². The summed E-state index contributed by atoms with van der Waals surface area (Å²) in [6.45, 7) is 3.35. The number of hydrogen-bond acceptors (Lipinski definition) is 5. The minimum atomic E-state index is -1.03. The van der Waals surface area contributed by atoms with E-state index in [4.69, 9.17) is 4.74 Å². The van der Waals surface area contributed by atoms with Crippen molar-refractivity contribution in [3.05, 3.63) is 100 Å². The van der Waals surface area contributed by atoms with Crippen molar-refractivity contribution in [1.29, 1.82) is 0 Å². The van der Waals surface area contributed by atoms with E-state index >= 15 is 0 Å². The van der Waals surface area contributed by atoms with Crippen LogP contribution in [0.15, 0.2) is 78.9 Å². The fourth-order valence-corrected chi connectivity index (χ4v) is 3.08. The van der Waals surface area contributed by atoms with Crippen LogP contribution in [-0.2, 0) is 4.79 Å². The van der Waals surface area contributed by atoms with Crippen molar-refractivity contribution in [2.45, 2.75) is 26.0 Å². The van der Waals surface area contributed by atoms with Crippen LogP contribution in [0.4, 0.5) is 11.4 Å². The van der Waals surface area contributed by atoms with E-state index in [-0.39, 0.29) is 23.4 Å². The van der Waals surface area contributed by atoms with E-state index in [2.05, 4.69) is 10.6 Å². The number of anilines is 1. The van der Waals surface area contributed by atoms with Crippen molar-refractivity contribution in [3.63, 3.8) is 0 Å². The molecule has 0 aromatic heterocycles. The van der Waals surface area contributed by atoms with Crippen LogP contribution in [0.25, 0.3) is 0 Å². The van der Waals surface area contributed by atoms with Gasteiger partial charge >= 0.3 is 5.69 Å². The second kappa shape index (κ2) is 10.2. The average molecular weight is 433 g/mol. The highest BCUT2D eigenvalue weighted by atomic mass is 16.6. The summed E-state index contributed by atoms with van der Waals surface area (Å²) in [5.41, 5.74) is 1.32. The van der Waals surface area contributed by atoms with Crippen LogP contribution in [0.5, 0.6) is 5.75 Å². The Hall–Kier alpha value is -4.20. The summed E-state index contributed by atoms with van der Waals surface area (Å²) in [4.78, 5) is 36.1. The van der Waals surface area contributed by atoms with E-state index < -0.39 is 16.9 Å². The average Bonchev–Trinajstić information content (AvgIpc) is 2.80. The van der Waals surface area contributed by atoms with Gasteiger partial charge in [0.1, 0.15) is 0 Å². The van der Waals surface area contributed by atoms with E-state index in [1.807, 2.05) is 37.3 Å². The van der Waals surface area contributed by atoms with Crippen LogP contribution in [0.3, 0.4) is 0 Å². The topological polar surface area (TPSA) is 111 Å². The molecule has 32 heavy (non-hydrogen) atoms. The first-order valence-corrected chi connectivity index (χ1v) is 10.0. The number of para-hydroxylation sites is 3. The van der Waals surface area contributed by atoms with E-state index in [9.17, 15) is 19.7 Å². The molecule has 3 rings (SSSR count). The fraction of sp³-hybridized carbons (Fsp3) is 0.167. The number of nitro benzene ring substituents is 1. The molecule has 0 fully saturated rings. The molecule has 3 aromatic carbocycles. The largest absolute Gasteiger partial charge is 0.474 e. The molecule has 0 spiro atoms. The van der Waals surface area contributed by atoms with Gasteiger partial charge in [-0.15, -0.1) is 0 Å². The van der Waals surface area contributed by atoms with E-state index in [1.165, 1.54) is 25.1 Å². The zero-order valence-corrected chi connectivity index (χ0v) is 17.6. The maximum atomic E-state index is 12.8. The summed E-state index contributed by atoms with van der Waals surface area (Å²) in [5, 5.41) is 16.8. The molecule has 8 nitrogen and oxygen atoms in total. The number of hydrogen-bond donors (Lipinski definition) is 2. The molecule has 0 aliphatic rings. The smallest absolute Gasteiger partial charge is 0.310 e. The van der Waals surface area contributed by atoms with Crippen LogP contribution < -0.4 is 15.4 Å². The predicted molar refractivity (Wildman–Crippen MR) is 121 cm³/mol. The fourth-order valence-electron chi connectivity index (χ4n) is 3.08. The molecule has 0 saturated heterocycles. The summed E-state index contributed by atoms with van der Waals surface area (Å²) >= 11 is 0. The number of ether oxygens (including phenoxy) is 1. The van der Waals surface area contributed by atoms with Crippen molar-refractivity contribution >= 4 is 23.2 Å². The molecule has 0 aliphatic carbocycles. The third-order valence-electron chi connectivity index (χ3n) is 4.81. The van der Waals surface area contributed by atoms with Gasteiger partial charge in [-0.25, -0.2) is 0 Å². The molecular weight excluding hydrogens is 410 g/mol. The molecule has 164 valence electrons. The third kappa shape index (κ3) is 5.48. The minimum absolute atomic E-state index is 0.0112. The summed E-state index contributed by atoms with van der Waals surface area (Å²) < 4.78 is 5.51. The lowest BCUT2D eigenvalue weighted by molar-refractivity contribution is -0.386. The normalized spacial score (nSPS) is 12.3. The van der Waals surface area contributed by atoms with Gasteiger partial charge in [0.15, 0.2) is 11.9 Å². The Morgan fingerprint density at radius 1 is 0.906 bits per heavy atom. The Balaban J connectivity index is 1.71. The lowest BCUT2D eigenvalue weighted by Gasteiger charge is -2.18. The second-order valence-electron chi connectivity index (χ2n) is 7.13. The van der Waals surface area contributed by atoms with E-state index in [0.29, 0.717) is 11.3 Å². The molecule has 0 aliphatic heterocycles. The standard InChI is InChI=1S/C24H23N3O5/c1-16(18-10-4-3-5-11-18)25-24(29)19-12-6-7-13-20(19)26-23(28)17(2)32-22-15-9-8-14-21(22)27(30)31/h3-17H,1-2H3,(H,25,29)(H,26,28)/t16-,17+/m1/s1. The molecule has 0 unspecified atom stereocenters. The van der Waals surface area contributed by atoms with Crippen LogP contribution in [0.2, 0.25) is 0 Å². The third-order valence-corrected chi connectivity index (χ3v) is 4.81. The predicted octanol–water partition coefficient (Wildman–Crippen LogP) is 4.49. The van der Waals surface area contributed by atoms with Crippen molar-refractivity contribution in [3.8, 4) is 5.75 Å². The minimum Gasteiger partial charge on any atom is -0.474 e. The highest BCUT2D eigenvalue weighted by Crippen LogP contribution is 2.27. The van der Waals surface area contributed by atoms with Gasteiger partial charge in [-0.1, -0.05) is 54.6 Å². The maximum absolute atomic E-state index is 12.8. The molecule has 3 aromatic rings. The van der Waals surface area contributed by atoms with Gasteiger partial charge in [0.25, 0.3) is 11.8 Å². The first kappa shape index (κ1) is 22.5. The molecule has 2 amide bonds. The van der Waals surface area contributed by atoms with Gasteiger partial charge in [-0.05, 0) is 37.6 Å². The molecule has 0 bridgehead atoms. The number of nitrogens with one attached hydrogen (secondary N) is 2. The van der Waals surface area contributed by atoms with Gasteiger partial charge in [0, 0.05) is 6.07 Å². The lowest BCUT2D eigenvalue weighted by Crippen LogP contribution is -2.32. The van der Waals surface area contributed by atoms with Crippen molar-refractivity contribution < 1.29 is 19.2 Å². The number of rotatable bonds is 8. The van der Waals surface area contributed by atoms with Crippen LogP contribution >= 0.6 is 0 Å². The van der Waals surface area contributed by atoms with Gasteiger partial charge < -0.3 is 15.4 Å². The number of carbonyl (C=O) groups excluding carboxylic acids is 2. The zero-order valence-electron chi connectivity index (χ0n) is 17.6. The van der Waals surface area contributed by atoms with Crippen LogP contribution in [0, 0.1) is 10.1 Å². The van der Waals surface area contributed by atoms with Gasteiger partial charge in [-0.3, -0.25) is 19.7 Å². The summed E-state index contributed by atoms with van der Waals surface area (Å²) in [6, 6.07) is 21.7. The van der Waals surface area contributed by atoms with E-state index in [0.717, 1.165) is 5.56 Å². The van der Waals surface area contributed by atoms with Crippen LogP contribution in [0.1, 0.15) is 35.8 Å². The monoisotopic (exact) mass is 433 g/mol. The first-order chi connectivity index (χ1) is 15.4. The number of nitro groups is 1. The molecule has 2 atom stereocenters. The SMILES string of the molecule is C[C@H](Oc1ccccc1[N+](=O)[O-])C(=O)Nc1ccccc1C(=O)N[C@H](C)c1ccccc1. The highest BCUT2D eigenvalue weighted by molar-refractivity contribution is 6.04. The number of amides is 2. The molecule has 0 radical (unpaired) electrons. The lowest BCUT2D eigenvalue weighted by atomic mass is 10.1. The van der Waals surface area contributed by atoms with Crippen LogP contribution in [-0.4, -0.2) is 22.8 Å². The summed E-state index contributed by atoms with van der Waals surface area (Å²) in [7, 11) is 0. The Morgan fingerprint density at radius 3 is 2.25 bits per heavy atom. The van der Waals surface area contributed by atoms with Crippen molar-refractivity contribution in [2.24, 2.45) is 0 Å².